The molecule has 1 N–H and O–H groups in total. The van der Waals surface area contributed by atoms with Crippen molar-refractivity contribution in [1.82, 2.24) is 5.32 Å². The summed E-state index contributed by atoms with van der Waals surface area (Å²) in [5.41, 5.74) is 0. The highest BCUT2D eigenvalue weighted by molar-refractivity contribution is 8.03. The number of hydrogen-bond acceptors (Lipinski definition) is 3. The zero-order chi connectivity index (χ0) is 16.6. The second kappa shape index (κ2) is 16.0. The molecule has 0 aliphatic carbocycles. The van der Waals surface area contributed by atoms with E-state index in [1.807, 2.05) is 0 Å². The van der Waals surface area contributed by atoms with Gasteiger partial charge in [0.15, 0.2) is 0 Å². The Morgan fingerprint density at radius 1 is 0.864 bits per heavy atom. The van der Waals surface area contributed by atoms with Gasteiger partial charge in [-0.25, -0.2) is 0 Å². The Bertz CT molecular complexity index is 261. The second-order valence-electron chi connectivity index (χ2n) is 6.08. The highest BCUT2D eigenvalue weighted by Crippen LogP contribution is 2.29. The van der Waals surface area contributed by atoms with E-state index in [0.29, 0.717) is 0 Å². The predicted molar refractivity (Wildman–Crippen MR) is 105 cm³/mol. The predicted octanol–water partition coefficient (Wildman–Crippen LogP) is 5.51. The number of unbranched alkanes of at least 4 members (excludes halogenated alkanes) is 6. The molecule has 0 aliphatic heterocycles. The van der Waals surface area contributed by atoms with Gasteiger partial charge in [-0.1, -0.05) is 51.9 Å². The van der Waals surface area contributed by atoms with Crippen LogP contribution in [-0.4, -0.2) is 35.5 Å². The molecule has 0 saturated carbocycles. The third-order valence-electron chi connectivity index (χ3n) is 4.15. The summed E-state index contributed by atoms with van der Waals surface area (Å²) in [6.07, 6.45) is 17.8. The molecule has 0 radical (unpaired) electrons. The van der Waals surface area contributed by atoms with E-state index in [-0.39, 0.29) is 5.91 Å². The van der Waals surface area contributed by atoms with Crippen LogP contribution in [0.1, 0.15) is 78.1 Å². The van der Waals surface area contributed by atoms with Crippen molar-refractivity contribution in [3.63, 3.8) is 0 Å². The van der Waals surface area contributed by atoms with Gasteiger partial charge < -0.3 is 5.32 Å². The Kier molecular flexibility index (Phi) is 16.2. The minimum Gasteiger partial charge on any atom is -0.356 e. The van der Waals surface area contributed by atoms with Crippen molar-refractivity contribution in [1.29, 1.82) is 0 Å². The molecule has 2 unspecified atom stereocenters. The van der Waals surface area contributed by atoms with Gasteiger partial charge in [-0.2, -0.15) is 23.5 Å². The Hall–Kier alpha value is 0.170. The number of hydrogen-bond donors (Lipinski definition) is 1. The summed E-state index contributed by atoms with van der Waals surface area (Å²) in [5, 5.41) is 4.54. The van der Waals surface area contributed by atoms with E-state index in [1.165, 1.54) is 57.8 Å². The topological polar surface area (TPSA) is 29.1 Å². The van der Waals surface area contributed by atoms with Crippen LogP contribution in [0, 0.1) is 0 Å². The van der Waals surface area contributed by atoms with Crippen LogP contribution in [0.25, 0.3) is 0 Å². The maximum Gasteiger partial charge on any atom is 0.216 e. The highest BCUT2D eigenvalue weighted by atomic mass is 32.2. The van der Waals surface area contributed by atoms with E-state index in [2.05, 4.69) is 48.3 Å². The van der Waals surface area contributed by atoms with Crippen LogP contribution in [0.3, 0.4) is 0 Å². The number of nitrogens with one attached hydrogen (secondary N) is 1. The number of amides is 1. The van der Waals surface area contributed by atoms with E-state index in [1.54, 1.807) is 6.92 Å². The molecule has 0 fully saturated rings. The van der Waals surface area contributed by atoms with Crippen LogP contribution in [0.5, 0.6) is 0 Å². The number of carbonyl (C=O) groups excluding carboxylic acids is 1. The molecule has 0 spiro atoms. The molecule has 132 valence electrons. The second-order valence-corrected chi connectivity index (χ2v) is 8.24. The maximum absolute atomic E-state index is 10.7. The molecule has 2 atom stereocenters. The first-order valence-electron chi connectivity index (χ1n) is 8.95. The fourth-order valence-electron chi connectivity index (χ4n) is 2.76. The molecule has 0 aromatic rings. The molecule has 2 nitrogen and oxygen atoms in total. The molecular formula is C18H37NOS2. The van der Waals surface area contributed by atoms with E-state index in [9.17, 15) is 4.79 Å². The van der Waals surface area contributed by atoms with Crippen molar-refractivity contribution in [3.05, 3.63) is 0 Å². The van der Waals surface area contributed by atoms with Crippen molar-refractivity contribution >= 4 is 29.4 Å². The minimum absolute atomic E-state index is 0.0922. The summed E-state index contributed by atoms with van der Waals surface area (Å²) in [6.45, 7) is 4.72. The zero-order valence-corrected chi connectivity index (χ0v) is 16.8. The molecule has 0 saturated heterocycles. The molecular weight excluding hydrogens is 310 g/mol. The molecule has 0 bridgehead atoms. The van der Waals surface area contributed by atoms with Gasteiger partial charge in [0, 0.05) is 24.0 Å². The maximum atomic E-state index is 10.7. The van der Waals surface area contributed by atoms with Crippen molar-refractivity contribution in [2.75, 3.05) is 19.1 Å². The molecule has 0 aliphatic rings. The summed E-state index contributed by atoms with van der Waals surface area (Å²) >= 11 is 4.14. The fraction of sp³-hybridized carbons (Fsp3) is 0.944. The molecule has 4 heteroatoms. The lowest BCUT2D eigenvalue weighted by Crippen LogP contribution is -2.20. The first-order chi connectivity index (χ1) is 10.7. The van der Waals surface area contributed by atoms with Gasteiger partial charge in [0.05, 0.1) is 0 Å². The van der Waals surface area contributed by atoms with Crippen LogP contribution in [0.15, 0.2) is 0 Å². The lowest BCUT2D eigenvalue weighted by Gasteiger charge is -2.24. The molecule has 0 heterocycles. The Morgan fingerprint density at radius 3 is 1.86 bits per heavy atom. The smallest absolute Gasteiger partial charge is 0.216 e. The van der Waals surface area contributed by atoms with Crippen molar-refractivity contribution in [2.45, 2.75) is 88.6 Å². The number of carbonyl (C=O) groups is 1. The first-order valence-corrected chi connectivity index (χ1v) is 11.5. The Balaban J connectivity index is 3.59. The van der Waals surface area contributed by atoms with Gasteiger partial charge in [-0.05, 0) is 31.8 Å². The molecule has 22 heavy (non-hydrogen) atoms. The lowest BCUT2D eigenvalue weighted by molar-refractivity contribution is -0.118. The third kappa shape index (κ3) is 12.7. The van der Waals surface area contributed by atoms with Crippen molar-refractivity contribution < 1.29 is 4.79 Å². The summed E-state index contributed by atoms with van der Waals surface area (Å²) in [4.78, 5) is 10.7. The summed E-state index contributed by atoms with van der Waals surface area (Å²) in [6, 6.07) is 0. The molecule has 0 aromatic heterocycles. The standard InChI is InChI=1S/C18H37NOS2/c1-5-6-13-17(21-3)18(22-4)14-11-9-7-8-10-12-15-19-16(2)20/h17-18H,5-15H2,1-4H3,(H,19,20). The average Bonchev–Trinajstić information content (AvgIpc) is 2.51. The van der Waals surface area contributed by atoms with Gasteiger partial charge in [-0.3, -0.25) is 4.79 Å². The molecule has 1 amide bonds. The van der Waals surface area contributed by atoms with Crippen LogP contribution in [-0.2, 0) is 4.79 Å². The van der Waals surface area contributed by atoms with Gasteiger partial charge in [0.25, 0.3) is 0 Å². The highest BCUT2D eigenvalue weighted by Gasteiger charge is 2.18. The van der Waals surface area contributed by atoms with Crippen molar-refractivity contribution in [3.8, 4) is 0 Å². The van der Waals surface area contributed by atoms with Gasteiger partial charge in [-0.15, -0.1) is 0 Å². The van der Waals surface area contributed by atoms with E-state index >= 15 is 0 Å². The van der Waals surface area contributed by atoms with Gasteiger partial charge in [0.1, 0.15) is 0 Å². The average molecular weight is 348 g/mol. The summed E-state index contributed by atoms with van der Waals surface area (Å²) in [5.74, 6) is 0.0922. The van der Waals surface area contributed by atoms with Crippen LogP contribution < -0.4 is 5.32 Å². The largest absolute Gasteiger partial charge is 0.356 e. The van der Waals surface area contributed by atoms with Gasteiger partial charge >= 0.3 is 0 Å². The quantitative estimate of drug-likeness (QED) is 0.396. The van der Waals surface area contributed by atoms with Crippen LogP contribution in [0.2, 0.25) is 0 Å². The van der Waals surface area contributed by atoms with E-state index < -0.39 is 0 Å². The number of rotatable bonds is 15. The monoisotopic (exact) mass is 347 g/mol. The number of thioether (sulfide) groups is 2. The van der Waals surface area contributed by atoms with Crippen LogP contribution >= 0.6 is 23.5 Å². The van der Waals surface area contributed by atoms with Crippen molar-refractivity contribution in [2.24, 2.45) is 0 Å². The third-order valence-corrected chi connectivity index (χ3v) is 6.66. The fourth-order valence-corrected chi connectivity index (χ4v) is 5.11. The minimum atomic E-state index is 0.0922. The van der Waals surface area contributed by atoms with E-state index in [4.69, 9.17) is 0 Å². The normalized spacial score (nSPS) is 13.8. The Labute approximate surface area is 147 Å². The van der Waals surface area contributed by atoms with Gasteiger partial charge in [0.2, 0.25) is 5.91 Å². The summed E-state index contributed by atoms with van der Waals surface area (Å²) < 4.78 is 0. The van der Waals surface area contributed by atoms with E-state index in [0.717, 1.165) is 23.5 Å². The molecule has 0 rings (SSSR count). The summed E-state index contributed by atoms with van der Waals surface area (Å²) in [7, 11) is 0. The Morgan fingerprint density at radius 2 is 1.36 bits per heavy atom. The molecule has 0 aromatic carbocycles. The lowest BCUT2D eigenvalue weighted by atomic mass is 10.0. The zero-order valence-electron chi connectivity index (χ0n) is 15.2. The SMILES string of the molecule is CCCCC(SC)C(CCCCCCCCNC(C)=O)SC. The van der Waals surface area contributed by atoms with Crippen LogP contribution in [0.4, 0.5) is 0 Å². The first kappa shape index (κ1) is 22.2.